The molecule has 2 heterocycles. The lowest BCUT2D eigenvalue weighted by molar-refractivity contribution is -0.130. The molecule has 25 heavy (non-hydrogen) atoms. The van der Waals surface area contributed by atoms with E-state index in [4.69, 9.17) is 0 Å². The van der Waals surface area contributed by atoms with E-state index in [9.17, 15) is 9.59 Å². The zero-order valence-corrected chi connectivity index (χ0v) is 14.8. The highest BCUT2D eigenvalue weighted by atomic mass is 16.2. The van der Waals surface area contributed by atoms with Crippen LogP contribution in [0.4, 0.5) is 10.6 Å². The Balaban J connectivity index is 1.69. The Morgan fingerprint density at radius 1 is 1.08 bits per heavy atom. The van der Waals surface area contributed by atoms with Crippen molar-refractivity contribution in [3.63, 3.8) is 0 Å². The van der Waals surface area contributed by atoms with E-state index in [1.807, 2.05) is 44.3 Å². The van der Waals surface area contributed by atoms with E-state index in [2.05, 4.69) is 10.4 Å². The highest BCUT2D eigenvalue weighted by Gasteiger charge is 2.23. The molecular formula is C18H23N5O2. The van der Waals surface area contributed by atoms with E-state index in [-0.39, 0.29) is 11.9 Å². The lowest BCUT2D eigenvalue weighted by atomic mass is 10.1. The Hall–Kier alpha value is -2.83. The number of carbonyl (C=O) groups excluding carboxylic acids is 2. The third-order valence-electron chi connectivity index (χ3n) is 4.55. The van der Waals surface area contributed by atoms with Gasteiger partial charge in [-0.2, -0.15) is 5.10 Å². The number of carbonyl (C=O) groups is 2. The van der Waals surface area contributed by atoms with Gasteiger partial charge in [0.05, 0.1) is 5.69 Å². The molecule has 1 aliphatic heterocycles. The van der Waals surface area contributed by atoms with Crippen molar-refractivity contribution >= 4 is 17.8 Å². The zero-order chi connectivity index (χ0) is 18.0. The molecule has 0 radical (unpaired) electrons. The van der Waals surface area contributed by atoms with E-state index in [1.54, 1.807) is 21.4 Å². The first-order chi connectivity index (χ1) is 12.0. The minimum absolute atomic E-state index is 0.0505. The van der Waals surface area contributed by atoms with Crippen molar-refractivity contribution in [2.24, 2.45) is 7.05 Å². The van der Waals surface area contributed by atoms with Crippen LogP contribution in [0.2, 0.25) is 0 Å². The van der Waals surface area contributed by atoms with E-state index < -0.39 is 0 Å². The maximum atomic E-state index is 12.5. The minimum Gasteiger partial charge on any atom is -0.339 e. The van der Waals surface area contributed by atoms with Gasteiger partial charge >= 0.3 is 6.03 Å². The van der Waals surface area contributed by atoms with E-state index >= 15 is 0 Å². The predicted molar refractivity (Wildman–Crippen MR) is 96.2 cm³/mol. The largest absolute Gasteiger partial charge is 0.339 e. The molecule has 132 valence electrons. The number of hydrogen-bond donors (Lipinski definition) is 1. The van der Waals surface area contributed by atoms with Gasteiger partial charge < -0.3 is 9.80 Å². The molecule has 1 saturated heterocycles. The summed E-state index contributed by atoms with van der Waals surface area (Å²) in [5.41, 5.74) is 3.02. The number of anilines is 1. The monoisotopic (exact) mass is 341 g/mol. The number of hydrogen-bond acceptors (Lipinski definition) is 3. The van der Waals surface area contributed by atoms with Gasteiger partial charge in [0.2, 0.25) is 5.91 Å². The molecule has 0 unspecified atom stereocenters. The fraction of sp³-hybridized carbons (Fsp3) is 0.389. The first-order valence-corrected chi connectivity index (χ1v) is 8.37. The lowest BCUT2D eigenvalue weighted by Gasteiger charge is -2.34. The Labute approximate surface area is 147 Å². The summed E-state index contributed by atoms with van der Waals surface area (Å²) in [5.74, 6) is 0.701. The van der Waals surface area contributed by atoms with Crippen molar-refractivity contribution in [1.82, 2.24) is 19.6 Å². The molecule has 1 N–H and O–H groups in total. The fourth-order valence-electron chi connectivity index (χ4n) is 2.99. The second-order valence-electron chi connectivity index (χ2n) is 6.28. The van der Waals surface area contributed by atoms with Gasteiger partial charge in [-0.05, 0) is 12.5 Å². The molecule has 7 heteroatoms. The molecule has 1 fully saturated rings. The van der Waals surface area contributed by atoms with Gasteiger partial charge in [-0.3, -0.25) is 14.8 Å². The number of nitrogens with zero attached hydrogens (tertiary/aromatic N) is 4. The number of benzene rings is 1. The zero-order valence-electron chi connectivity index (χ0n) is 14.8. The van der Waals surface area contributed by atoms with Crippen LogP contribution in [0.15, 0.2) is 30.3 Å². The van der Waals surface area contributed by atoms with Crippen LogP contribution in [-0.2, 0) is 11.8 Å². The summed E-state index contributed by atoms with van der Waals surface area (Å²) in [6, 6.07) is 9.74. The fourth-order valence-corrected chi connectivity index (χ4v) is 2.99. The molecule has 0 spiro atoms. The van der Waals surface area contributed by atoms with Crippen LogP contribution < -0.4 is 5.32 Å². The average molecular weight is 341 g/mol. The van der Waals surface area contributed by atoms with Crippen molar-refractivity contribution < 1.29 is 9.59 Å². The molecule has 7 nitrogen and oxygen atoms in total. The molecule has 0 saturated carbocycles. The summed E-state index contributed by atoms with van der Waals surface area (Å²) < 4.78 is 1.67. The Bertz CT molecular complexity index is 791. The normalized spacial score (nSPS) is 14.5. The van der Waals surface area contributed by atoms with Crippen molar-refractivity contribution in [3.8, 4) is 11.3 Å². The topological polar surface area (TPSA) is 70.5 Å². The van der Waals surface area contributed by atoms with Crippen LogP contribution in [0.5, 0.6) is 0 Å². The van der Waals surface area contributed by atoms with E-state index in [0.717, 1.165) is 16.8 Å². The molecule has 0 atom stereocenters. The first-order valence-electron chi connectivity index (χ1n) is 8.37. The lowest BCUT2D eigenvalue weighted by Crippen LogP contribution is -2.51. The van der Waals surface area contributed by atoms with Crippen LogP contribution in [0.1, 0.15) is 12.5 Å². The quantitative estimate of drug-likeness (QED) is 0.909. The number of amides is 3. The van der Waals surface area contributed by atoms with Crippen LogP contribution in [-0.4, -0.2) is 57.7 Å². The molecule has 1 aliphatic rings. The highest BCUT2D eigenvalue weighted by molar-refractivity contribution is 5.89. The SMILES string of the molecule is CC(=O)N1CCN(C(=O)Nc2cc(-c3ccccc3C)nn2C)CC1. The van der Waals surface area contributed by atoms with Crippen LogP contribution in [0.3, 0.4) is 0 Å². The number of nitrogens with one attached hydrogen (secondary N) is 1. The van der Waals surface area contributed by atoms with Gasteiger partial charge in [0.25, 0.3) is 0 Å². The van der Waals surface area contributed by atoms with E-state index in [0.29, 0.717) is 32.0 Å². The number of aryl methyl sites for hydroxylation is 2. The molecule has 2 aromatic rings. The molecule has 1 aromatic heterocycles. The molecular weight excluding hydrogens is 318 g/mol. The highest BCUT2D eigenvalue weighted by Crippen LogP contribution is 2.24. The summed E-state index contributed by atoms with van der Waals surface area (Å²) in [6.45, 7) is 5.81. The maximum Gasteiger partial charge on any atom is 0.323 e. The second kappa shape index (κ2) is 6.96. The molecule has 0 aliphatic carbocycles. The Morgan fingerprint density at radius 3 is 2.36 bits per heavy atom. The summed E-state index contributed by atoms with van der Waals surface area (Å²) in [6.07, 6.45) is 0. The minimum atomic E-state index is -0.164. The van der Waals surface area contributed by atoms with Gasteiger partial charge in [0.1, 0.15) is 5.82 Å². The van der Waals surface area contributed by atoms with Crippen molar-refractivity contribution in [3.05, 3.63) is 35.9 Å². The third kappa shape index (κ3) is 3.65. The number of urea groups is 1. The number of piperazine rings is 1. The predicted octanol–water partition coefficient (Wildman–Crippen LogP) is 2.09. The summed E-state index contributed by atoms with van der Waals surface area (Å²) >= 11 is 0. The van der Waals surface area contributed by atoms with Gasteiger partial charge in [0, 0.05) is 51.8 Å². The molecule has 3 rings (SSSR count). The van der Waals surface area contributed by atoms with Crippen LogP contribution >= 0.6 is 0 Å². The van der Waals surface area contributed by atoms with Crippen molar-refractivity contribution in [2.75, 3.05) is 31.5 Å². The molecule has 1 aromatic carbocycles. The van der Waals surface area contributed by atoms with Gasteiger partial charge in [-0.25, -0.2) is 4.79 Å². The standard InChI is InChI=1S/C18H23N5O2/c1-13-6-4-5-7-15(13)16-12-17(21(3)20-16)19-18(25)23-10-8-22(9-11-23)14(2)24/h4-7,12H,8-11H2,1-3H3,(H,19,25). The van der Waals surface area contributed by atoms with Crippen LogP contribution in [0, 0.1) is 6.92 Å². The molecule has 3 amide bonds. The molecule has 0 bridgehead atoms. The smallest absolute Gasteiger partial charge is 0.323 e. The summed E-state index contributed by atoms with van der Waals surface area (Å²) in [4.78, 5) is 27.3. The average Bonchev–Trinajstić information content (AvgIpc) is 2.95. The van der Waals surface area contributed by atoms with E-state index in [1.165, 1.54) is 0 Å². The summed E-state index contributed by atoms with van der Waals surface area (Å²) in [5, 5.41) is 7.42. The van der Waals surface area contributed by atoms with Gasteiger partial charge in [-0.1, -0.05) is 24.3 Å². The number of rotatable bonds is 2. The summed E-state index contributed by atoms with van der Waals surface area (Å²) in [7, 11) is 1.81. The second-order valence-corrected chi connectivity index (χ2v) is 6.28. The van der Waals surface area contributed by atoms with Crippen LogP contribution in [0.25, 0.3) is 11.3 Å². The van der Waals surface area contributed by atoms with Gasteiger partial charge in [-0.15, -0.1) is 0 Å². The Kier molecular flexibility index (Phi) is 4.74. The third-order valence-corrected chi connectivity index (χ3v) is 4.55. The van der Waals surface area contributed by atoms with Crippen molar-refractivity contribution in [2.45, 2.75) is 13.8 Å². The Morgan fingerprint density at radius 2 is 1.72 bits per heavy atom. The maximum absolute atomic E-state index is 12.5. The van der Waals surface area contributed by atoms with Crippen molar-refractivity contribution in [1.29, 1.82) is 0 Å². The first kappa shape index (κ1) is 17.0. The van der Waals surface area contributed by atoms with Gasteiger partial charge in [0.15, 0.2) is 0 Å². The number of aromatic nitrogens is 2.